The third-order valence-corrected chi connectivity index (χ3v) is 4.48. The molecule has 0 aromatic rings. The molecular formula is C16H31N3O4. The lowest BCUT2D eigenvalue weighted by Crippen LogP contribution is -2.58. The maximum Gasteiger partial charge on any atom is 0.317 e. The van der Waals surface area contributed by atoms with Crippen LogP contribution in [0.25, 0.3) is 0 Å². The number of likely N-dealkylation sites (N-methyl/N-ethyl adjacent to an activating group) is 1. The number of rotatable bonds is 8. The van der Waals surface area contributed by atoms with Crippen molar-refractivity contribution in [3.63, 3.8) is 0 Å². The van der Waals surface area contributed by atoms with Crippen molar-refractivity contribution in [2.45, 2.75) is 65.1 Å². The zero-order valence-corrected chi connectivity index (χ0v) is 14.6. The van der Waals surface area contributed by atoms with E-state index in [1.54, 1.807) is 0 Å². The van der Waals surface area contributed by atoms with Crippen molar-refractivity contribution in [3.05, 3.63) is 0 Å². The molecule has 1 rings (SSSR count). The Morgan fingerprint density at radius 1 is 1.30 bits per heavy atom. The van der Waals surface area contributed by atoms with Crippen molar-refractivity contribution < 1.29 is 19.8 Å². The van der Waals surface area contributed by atoms with Crippen molar-refractivity contribution in [1.29, 1.82) is 0 Å². The number of hydrogen-bond acceptors (Lipinski definition) is 4. The van der Waals surface area contributed by atoms with E-state index < -0.39 is 5.97 Å². The molecule has 1 saturated carbocycles. The summed E-state index contributed by atoms with van der Waals surface area (Å²) >= 11 is 0. The molecule has 7 heteroatoms. The Hall–Kier alpha value is -1.34. The van der Waals surface area contributed by atoms with Gasteiger partial charge in [-0.25, -0.2) is 4.79 Å². The minimum atomic E-state index is -0.821. The van der Waals surface area contributed by atoms with Crippen LogP contribution < -0.4 is 10.6 Å². The van der Waals surface area contributed by atoms with Crippen LogP contribution in [-0.2, 0) is 4.79 Å². The average Bonchev–Trinajstić information content (AvgIpc) is 2.38. The Kier molecular flexibility index (Phi) is 7.28. The predicted octanol–water partition coefficient (Wildman–Crippen LogP) is 1.02. The van der Waals surface area contributed by atoms with E-state index in [9.17, 15) is 9.59 Å². The van der Waals surface area contributed by atoms with Crippen LogP contribution in [0.2, 0.25) is 0 Å². The first-order valence-corrected chi connectivity index (χ1v) is 8.31. The lowest BCUT2D eigenvalue weighted by Gasteiger charge is -2.42. The van der Waals surface area contributed by atoms with Gasteiger partial charge in [0, 0.05) is 24.7 Å². The maximum atomic E-state index is 12.1. The average molecular weight is 329 g/mol. The van der Waals surface area contributed by atoms with Crippen molar-refractivity contribution >= 4 is 12.0 Å². The van der Waals surface area contributed by atoms with Crippen molar-refractivity contribution in [2.24, 2.45) is 5.41 Å². The number of hydrogen-bond donors (Lipinski definition) is 4. The molecule has 7 nitrogen and oxygen atoms in total. The molecule has 0 heterocycles. The summed E-state index contributed by atoms with van der Waals surface area (Å²) in [6, 6.07) is -0.0134. The van der Waals surface area contributed by atoms with Crippen LogP contribution >= 0.6 is 0 Å². The summed E-state index contributed by atoms with van der Waals surface area (Å²) in [7, 11) is 0. The number of urea groups is 1. The predicted molar refractivity (Wildman–Crippen MR) is 88.3 cm³/mol. The fourth-order valence-corrected chi connectivity index (χ4v) is 2.91. The van der Waals surface area contributed by atoms with E-state index in [4.69, 9.17) is 10.2 Å². The quantitative estimate of drug-likeness (QED) is 0.532. The monoisotopic (exact) mass is 329 g/mol. The Morgan fingerprint density at radius 2 is 1.91 bits per heavy atom. The highest BCUT2D eigenvalue weighted by molar-refractivity contribution is 5.74. The smallest absolute Gasteiger partial charge is 0.317 e. The molecular weight excluding hydrogens is 298 g/mol. The highest BCUT2D eigenvalue weighted by atomic mass is 16.4. The molecule has 1 aliphatic rings. The minimum absolute atomic E-state index is 0.0361. The number of nitrogens with zero attached hydrogens (tertiary/aromatic N) is 1. The first-order valence-electron chi connectivity index (χ1n) is 8.31. The summed E-state index contributed by atoms with van der Waals surface area (Å²) in [5.74, 6) is -0.821. The molecule has 0 bridgehead atoms. The molecule has 1 aliphatic carbocycles. The van der Waals surface area contributed by atoms with Crippen molar-refractivity contribution in [1.82, 2.24) is 15.5 Å². The number of aliphatic hydroxyl groups excluding tert-OH is 1. The van der Waals surface area contributed by atoms with Gasteiger partial charge in [0.25, 0.3) is 0 Å². The Morgan fingerprint density at radius 3 is 2.35 bits per heavy atom. The summed E-state index contributed by atoms with van der Waals surface area (Å²) in [5.41, 5.74) is -0.122. The molecule has 0 radical (unpaired) electrons. The topological polar surface area (TPSA) is 102 Å². The summed E-state index contributed by atoms with van der Waals surface area (Å²) in [4.78, 5) is 24.8. The van der Waals surface area contributed by atoms with Crippen LogP contribution in [0.5, 0.6) is 0 Å². The van der Waals surface area contributed by atoms with Crippen LogP contribution in [0.15, 0.2) is 0 Å². The van der Waals surface area contributed by atoms with Gasteiger partial charge in [0.2, 0.25) is 0 Å². The Balaban J connectivity index is 2.38. The van der Waals surface area contributed by atoms with Gasteiger partial charge in [-0.1, -0.05) is 27.7 Å². The molecule has 0 aromatic heterocycles. The second-order valence-electron chi connectivity index (χ2n) is 7.33. The lowest BCUT2D eigenvalue weighted by molar-refractivity contribution is -0.139. The number of carboxylic acids is 1. The highest BCUT2D eigenvalue weighted by Gasteiger charge is 2.35. The van der Waals surface area contributed by atoms with Gasteiger partial charge in [-0.05, 0) is 31.2 Å². The van der Waals surface area contributed by atoms with Gasteiger partial charge in [0.05, 0.1) is 6.54 Å². The number of aliphatic carboxylic acids is 1. The van der Waals surface area contributed by atoms with Crippen LogP contribution in [0.1, 0.15) is 47.0 Å². The number of nitrogens with one attached hydrogen (secondary N) is 2. The van der Waals surface area contributed by atoms with Gasteiger partial charge in [-0.3, -0.25) is 9.69 Å². The van der Waals surface area contributed by atoms with Gasteiger partial charge in [0.1, 0.15) is 0 Å². The summed E-state index contributed by atoms with van der Waals surface area (Å²) in [6.45, 7) is 8.79. The van der Waals surface area contributed by atoms with Gasteiger partial charge >= 0.3 is 12.0 Å². The zero-order chi connectivity index (χ0) is 17.6. The largest absolute Gasteiger partial charge is 0.480 e. The highest BCUT2D eigenvalue weighted by Crippen LogP contribution is 2.26. The molecule has 2 amide bonds. The van der Waals surface area contributed by atoms with Gasteiger partial charge < -0.3 is 20.8 Å². The molecule has 23 heavy (non-hydrogen) atoms. The molecule has 1 fully saturated rings. The first-order chi connectivity index (χ1) is 10.7. The molecule has 0 spiro atoms. The van der Waals surface area contributed by atoms with Crippen LogP contribution in [0, 0.1) is 5.41 Å². The molecule has 134 valence electrons. The van der Waals surface area contributed by atoms with Crippen molar-refractivity contribution in [2.75, 3.05) is 19.7 Å². The molecule has 1 atom stereocenters. The number of aliphatic hydroxyl groups is 1. The second-order valence-corrected chi connectivity index (χ2v) is 7.33. The minimum Gasteiger partial charge on any atom is -0.480 e. The fraction of sp³-hybridized carbons (Fsp3) is 0.875. The Bertz CT molecular complexity index is 403. The fourth-order valence-electron chi connectivity index (χ4n) is 2.91. The third kappa shape index (κ3) is 6.35. The lowest BCUT2D eigenvalue weighted by atomic mass is 9.84. The van der Waals surface area contributed by atoms with E-state index in [-0.39, 0.29) is 42.7 Å². The first kappa shape index (κ1) is 19.7. The van der Waals surface area contributed by atoms with Crippen LogP contribution in [-0.4, -0.2) is 64.9 Å². The zero-order valence-electron chi connectivity index (χ0n) is 14.6. The normalized spacial score (nSPS) is 22.3. The number of carbonyl (C=O) groups excluding carboxylic acids is 1. The van der Waals surface area contributed by atoms with Crippen molar-refractivity contribution in [3.8, 4) is 0 Å². The number of amides is 2. The number of carboxylic acid groups (broad SMARTS) is 1. The Labute approximate surface area is 138 Å². The van der Waals surface area contributed by atoms with Gasteiger partial charge in [0.15, 0.2) is 0 Å². The molecule has 0 saturated heterocycles. The van der Waals surface area contributed by atoms with E-state index in [1.165, 1.54) is 0 Å². The number of carbonyl (C=O) groups is 2. The van der Waals surface area contributed by atoms with E-state index in [2.05, 4.69) is 10.6 Å². The summed E-state index contributed by atoms with van der Waals surface area (Å²) in [6.07, 6.45) is 2.07. The molecule has 1 unspecified atom stereocenters. The molecule has 4 N–H and O–H groups in total. The van der Waals surface area contributed by atoms with E-state index >= 15 is 0 Å². The second kappa shape index (κ2) is 8.49. The summed E-state index contributed by atoms with van der Waals surface area (Å²) < 4.78 is 0. The van der Waals surface area contributed by atoms with Gasteiger partial charge in [-0.15, -0.1) is 0 Å². The van der Waals surface area contributed by atoms with Crippen LogP contribution in [0.4, 0.5) is 4.79 Å². The van der Waals surface area contributed by atoms with Crippen LogP contribution in [0.3, 0.4) is 0 Å². The molecule has 0 aliphatic heterocycles. The summed E-state index contributed by atoms with van der Waals surface area (Å²) in [5, 5.41) is 23.9. The van der Waals surface area contributed by atoms with E-state index in [1.807, 2.05) is 32.6 Å². The molecule has 0 aromatic carbocycles. The standard InChI is InChI=1S/C16H31N3O4/c1-5-19(10-14(21)22)12-8-11(9-12)17-15(23)18-13(6-7-20)16(2,3)4/h11-13,20H,5-10H2,1-4H3,(H,21,22)(H2,17,18,23). The third-order valence-electron chi connectivity index (χ3n) is 4.48. The SMILES string of the molecule is CCN(CC(=O)O)C1CC(NC(=O)NC(CCO)C(C)(C)C)C1. The van der Waals surface area contributed by atoms with E-state index in [0.29, 0.717) is 13.0 Å². The van der Waals surface area contributed by atoms with Gasteiger partial charge in [-0.2, -0.15) is 0 Å². The van der Waals surface area contributed by atoms with E-state index in [0.717, 1.165) is 12.8 Å². The maximum absolute atomic E-state index is 12.1.